The van der Waals surface area contributed by atoms with E-state index in [4.69, 9.17) is 9.47 Å². The first kappa shape index (κ1) is 26.1. The second kappa shape index (κ2) is 11.5. The third kappa shape index (κ3) is 5.72. The van der Waals surface area contributed by atoms with Crippen molar-refractivity contribution in [1.29, 1.82) is 0 Å². The Bertz CT molecular complexity index is 1490. The highest BCUT2D eigenvalue weighted by Gasteiger charge is 2.20. The molecule has 0 amide bonds. The van der Waals surface area contributed by atoms with Crippen molar-refractivity contribution in [3.05, 3.63) is 60.8 Å². The standard InChI is InChI=1S/C30H34FN7O2/c1-37-13-8-20(9-14-37)35-27-17-23-26(18-28(27)39-2)33-19-34-30(23)36-25-6-5-21(15-24(25)31)40-22-7-10-32-29(16-22)38-11-3-4-12-38/h5-7,10,15-20,35H,3-4,8-9,11-14H2,1-2H3,(H,33,34,36). The minimum absolute atomic E-state index is 0.292. The van der Waals surface area contributed by atoms with E-state index in [1.807, 2.05) is 18.2 Å². The van der Waals surface area contributed by atoms with Crippen LogP contribution in [0.2, 0.25) is 0 Å². The second-order valence-electron chi connectivity index (χ2n) is 10.4. The number of benzene rings is 2. The molecule has 0 saturated carbocycles. The van der Waals surface area contributed by atoms with Crippen molar-refractivity contribution >= 4 is 33.9 Å². The Hall–Kier alpha value is -4.18. The van der Waals surface area contributed by atoms with Crippen LogP contribution in [-0.4, -0.2) is 66.2 Å². The van der Waals surface area contributed by atoms with Crippen LogP contribution in [0.1, 0.15) is 25.7 Å². The molecule has 2 N–H and O–H groups in total. The largest absolute Gasteiger partial charge is 0.495 e. The minimum Gasteiger partial charge on any atom is -0.495 e. The van der Waals surface area contributed by atoms with Crippen LogP contribution in [0, 0.1) is 5.82 Å². The van der Waals surface area contributed by atoms with E-state index in [-0.39, 0.29) is 0 Å². The molecule has 0 spiro atoms. The molecular formula is C30H34FN7O2. The molecule has 40 heavy (non-hydrogen) atoms. The number of pyridine rings is 1. The van der Waals surface area contributed by atoms with E-state index in [9.17, 15) is 0 Å². The van der Waals surface area contributed by atoms with Crippen LogP contribution in [0.25, 0.3) is 10.9 Å². The molecule has 0 bridgehead atoms. The smallest absolute Gasteiger partial charge is 0.150 e. The monoisotopic (exact) mass is 543 g/mol. The molecule has 0 radical (unpaired) electrons. The summed E-state index contributed by atoms with van der Waals surface area (Å²) in [6.07, 6.45) is 7.61. The zero-order valence-corrected chi connectivity index (χ0v) is 22.9. The number of aromatic nitrogens is 3. The van der Waals surface area contributed by atoms with Crippen LogP contribution in [0.4, 0.5) is 27.4 Å². The van der Waals surface area contributed by atoms with Gasteiger partial charge in [0.25, 0.3) is 0 Å². The average Bonchev–Trinajstić information content (AvgIpc) is 3.51. The quantitative estimate of drug-likeness (QED) is 0.286. The van der Waals surface area contributed by atoms with Crippen LogP contribution in [-0.2, 0) is 0 Å². The van der Waals surface area contributed by atoms with Gasteiger partial charge in [0.05, 0.1) is 24.0 Å². The normalized spacial score (nSPS) is 16.3. The van der Waals surface area contributed by atoms with Gasteiger partial charge in [0, 0.05) is 48.9 Å². The fraction of sp³-hybridized carbons (Fsp3) is 0.367. The predicted molar refractivity (Wildman–Crippen MR) is 156 cm³/mol. The molecule has 2 aromatic heterocycles. The first-order chi connectivity index (χ1) is 19.6. The number of hydrogen-bond acceptors (Lipinski definition) is 9. The number of fused-ring (bicyclic) bond motifs is 1. The fourth-order valence-electron chi connectivity index (χ4n) is 5.34. The lowest BCUT2D eigenvalue weighted by atomic mass is 10.0. The Labute approximate surface area is 233 Å². The molecule has 0 unspecified atom stereocenters. The van der Waals surface area contributed by atoms with Crippen molar-refractivity contribution < 1.29 is 13.9 Å². The van der Waals surface area contributed by atoms with Gasteiger partial charge in [0.1, 0.15) is 41.0 Å². The Balaban J connectivity index is 1.21. The van der Waals surface area contributed by atoms with Gasteiger partial charge < -0.3 is 29.9 Å². The maximum absolute atomic E-state index is 15.3. The van der Waals surface area contributed by atoms with E-state index in [1.54, 1.807) is 31.5 Å². The van der Waals surface area contributed by atoms with Crippen LogP contribution in [0.5, 0.6) is 17.2 Å². The number of piperidine rings is 1. The Morgan fingerprint density at radius 3 is 2.48 bits per heavy atom. The van der Waals surface area contributed by atoms with Crippen molar-refractivity contribution in [2.75, 3.05) is 55.9 Å². The topological polar surface area (TPSA) is 87.7 Å². The third-order valence-electron chi connectivity index (χ3n) is 7.61. The highest BCUT2D eigenvalue weighted by atomic mass is 19.1. The van der Waals surface area contributed by atoms with Crippen molar-refractivity contribution in [3.8, 4) is 17.2 Å². The van der Waals surface area contributed by atoms with E-state index in [2.05, 4.69) is 42.4 Å². The van der Waals surface area contributed by atoms with Crippen LogP contribution < -0.4 is 25.0 Å². The Kier molecular flexibility index (Phi) is 7.50. The first-order valence-electron chi connectivity index (χ1n) is 13.8. The van der Waals surface area contributed by atoms with Crippen LogP contribution in [0.3, 0.4) is 0 Å². The number of nitrogens with zero attached hydrogens (tertiary/aromatic N) is 5. The number of likely N-dealkylation sites (tertiary alicyclic amines) is 1. The maximum Gasteiger partial charge on any atom is 0.150 e. The lowest BCUT2D eigenvalue weighted by molar-refractivity contribution is 0.263. The van der Waals surface area contributed by atoms with Gasteiger partial charge >= 0.3 is 0 Å². The second-order valence-corrected chi connectivity index (χ2v) is 10.4. The molecule has 6 rings (SSSR count). The number of rotatable bonds is 8. The lowest BCUT2D eigenvalue weighted by Gasteiger charge is -2.30. The van der Waals surface area contributed by atoms with Gasteiger partial charge in [-0.15, -0.1) is 0 Å². The molecule has 2 saturated heterocycles. The molecule has 2 aromatic carbocycles. The van der Waals surface area contributed by atoms with Crippen molar-refractivity contribution in [2.24, 2.45) is 0 Å². The van der Waals surface area contributed by atoms with Gasteiger partial charge in [-0.2, -0.15) is 0 Å². The molecule has 0 atom stereocenters. The van der Waals surface area contributed by atoms with Crippen LogP contribution in [0.15, 0.2) is 55.0 Å². The molecule has 208 valence electrons. The summed E-state index contributed by atoms with van der Waals surface area (Å²) in [5, 5.41) is 7.56. The summed E-state index contributed by atoms with van der Waals surface area (Å²) in [6.45, 7) is 4.07. The number of methoxy groups -OCH3 is 1. The van der Waals surface area contributed by atoms with Gasteiger partial charge in [-0.1, -0.05) is 0 Å². The summed E-state index contributed by atoms with van der Waals surface area (Å²) < 4.78 is 26.9. The van der Waals surface area contributed by atoms with Crippen LogP contribution >= 0.6 is 0 Å². The maximum atomic E-state index is 15.3. The number of halogens is 1. The molecule has 0 aliphatic carbocycles. The number of anilines is 4. The summed E-state index contributed by atoms with van der Waals surface area (Å²) >= 11 is 0. The van der Waals surface area contributed by atoms with Crippen molar-refractivity contribution in [2.45, 2.75) is 31.7 Å². The predicted octanol–water partition coefficient (Wildman–Crippen LogP) is 5.81. The highest BCUT2D eigenvalue weighted by molar-refractivity contribution is 5.95. The molecule has 2 fully saturated rings. The van der Waals surface area contributed by atoms with Gasteiger partial charge in [-0.05, 0) is 70.1 Å². The van der Waals surface area contributed by atoms with E-state index in [0.717, 1.165) is 68.8 Å². The molecule has 4 heterocycles. The van der Waals surface area contributed by atoms with E-state index < -0.39 is 5.82 Å². The molecule has 10 heteroatoms. The van der Waals surface area contributed by atoms with Gasteiger partial charge in [0.2, 0.25) is 0 Å². The molecule has 2 aliphatic heterocycles. The molecule has 2 aliphatic rings. The fourth-order valence-corrected chi connectivity index (χ4v) is 5.34. The number of nitrogens with one attached hydrogen (secondary N) is 2. The SMILES string of the molecule is COc1cc2ncnc(Nc3ccc(Oc4ccnc(N5CCCC5)c4)cc3F)c2cc1NC1CCN(C)CC1. The summed E-state index contributed by atoms with van der Waals surface area (Å²) in [4.78, 5) is 17.9. The summed E-state index contributed by atoms with van der Waals surface area (Å²) in [6, 6.07) is 12.7. The van der Waals surface area contributed by atoms with E-state index >= 15 is 4.39 Å². The van der Waals surface area contributed by atoms with Gasteiger partial charge in [-0.3, -0.25) is 0 Å². The molecule has 4 aromatic rings. The zero-order chi connectivity index (χ0) is 27.5. The van der Waals surface area contributed by atoms with E-state index in [1.165, 1.54) is 12.4 Å². The summed E-state index contributed by atoms with van der Waals surface area (Å²) in [5.74, 6) is 2.69. The van der Waals surface area contributed by atoms with E-state index in [0.29, 0.717) is 40.3 Å². The first-order valence-corrected chi connectivity index (χ1v) is 13.8. The highest BCUT2D eigenvalue weighted by Crippen LogP contribution is 2.35. The lowest BCUT2D eigenvalue weighted by Crippen LogP contribution is -2.36. The minimum atomic E-state index is -0.448. The van der Waals surface area contributed by atoms with Crippen molar-refractivity contribution in [1.82, 2.24) is 19.9 Å². The molecule has 9 nitrogen and oxygen atoms in total. The Morgan fingerprint density at radius 1 is 0.900 bits per heavy atom. The zero-order valence-electron chi connectivity index (χ0n) is 22.9. The Morgan fingerprint density at radius 2 is 1.70 bits per heavy atom. The summed E-state index contributed by atoms with van der Waals surface area (Å²) in [7, 11) is 3.80. The van der Waals surface area contributed by atoms with Gasteiger partial charge in [0.15, 0.2) is 0 Å². The summed E-state index contributed by atoms with van der Waals surface area (Å²) in [5.41, 5.74) is 1.87. The van der Waals surface area contributed by atoms with Crippen molar-refractivity contribution in [3.63, 3.8) is 0 Å². The third-order valence-corrected chi connectivity index (χ3v) is 7.61. The molecular weight excluding hydrogens is 509 g/mol. The average molecular weight is 544 g/mol. The van der Waals surface area contributed by atoms with Gasteiger partial charge in [-0.25, -0.2) is 19.3 Å². The number of hydrogen-bond donors (Lipinski definition) is 2. The number of ether oxygens (including phenoxy) is 2.